The molecule has 1 aromatic carbocycles. The first kappa shape index (κ1) is 22.6. The maximum Gasteiger partial charge on any atom is 0.242 e. The average molecular weight is 408 g/mol. The smallest absolute Gasteiger partial charge is 0.242 e. The summed E-state index contributed by atoms with van der Waals surface area (Å²) in [7, 11) is 3.43. The first-order valence-electron chi connectivity index (χ1n) is 9.57. The second-order valence-corrected chi connectivity index (χ2v) is 7.57. The van der Waals surface area contributed by atoms with Gasteiger partial charge in [-0.2, -0.15) is 0 Å². The van der Waals surface area contributed by atoms with Crippen LogP contribution >= 0.6 is 0 Å². The molecule has 1 saturated heterocycles. The molecule has 3 N–H and O–H groups in total. The summed E-state index contributed by atoms with van der Waals surface area (Å²) in [6.45, 7) is -0.0803. The summed E-state index contributed by atoms with van der Waals surface area (Å²) in [5.41, 5.74) is 3.64. The average Bonchev–Trinajstić information content (AvgIpc) is 3.01. The van der Waals surface area contributed by atoms with Gasteiger partial charge in [0.1, 0.15) is 17.5 Å². The highest BCUT2D eigenvalue weighted by atomic mass is 19.1. The molecule has 2 atom stereocenters. The van der Waals surface area contributed by atoms with E-state index in [4.69, 9.17) is 10.5 Å². The Morgan fingerprint density at radius 3 is 2.62 bits per heavy atom. The third kappa shape index (κ3) is 7.01. The number of primary amides is 1. The lowest BCUT2D eigenvalue weighted by molar-refractivity contribution is -0.137. The molecule has 1 heterocycles. The van der Waals surface area contributed by atoms with Crippen LogP contribution in [-0.2, 0) is 14.4 Å². The third-order valence-corrected chi connectivity index (χ3v) is 4.63. The normalized spacial score (nSPS) is 21.2. The van der Waals surface area contributed by atoms with Gasteiger partial charge in [0.25, 0.3) is 0 Å². The fourth-order valence-corrected chi connectivity index (χ4v) is 3.44. The largest absolute Gasteiger partial charge is 0.494 e. The Bertz CT molecular complexity index is 716. The quantitative estimate of drug-likeness (QED) is 0.543. The lowest BCUT2D eigenvalue weighted by atomic mass is 10.0. The van der Waals surface area contributed by atoms with Gasteiger partial charge in [0.2, 0.25) is 17.7 Å². The summed E-state index contributed by atoms with van der Waals surface area (Å²) in [5, 5.41) is 2.51. The summed E-state index contributed by atoms with van der Waals surface area (Å²) >= 11 is 0. The molecule has 2 rings (SSSR count). The van der Waals surface area contributed by atoms with Crippen LogP contribution in [0.1, 0.15) is 19.3 Å². The number of ether oxygens (including phenoxy) is 1. The van der Waals surface area contributed by atoms with E-state index in [0.717, 1.165) is 10.6 Å². The van der Waals surface area contributed by atoms with Crippen molar-refractivity contribution in [2.24, 2.45) is 5.73 Å². The highest BCUT2D eigenvalue weighted by Crippen LogP contribution is 2.31. The van der Waals surface area contributed by atoms with Gasteiger partial charge in [-0.25, -0.2) is 4.39 Å². The highest BCUT2D eigenvalue weighted by molar-refractivity contribution is 5.90. The third-order valence-electron chi connectivity index (χ3n) is 4.63. The predicted molar refractivity (Wildman–Crippen MR) is 106 cm³/mol. The number of rotatable bonds is 10. The topological polar surface area (TPSA) is 105 Å². The van der Waals surface area contributed by atoms with Crippen molar-refractivity contribution in [3.8, 4) is 5.75 Å². The lowest BCUT2D eigenvalue weighted by Gasteiger charge is -2.24. The minimum atomic E-state index is -1.71. The van der Waals surface area contributed by atoms with Crippen molar-refractivity contribution in [3.63, 3.8) is 0 Å². The summed E-state index contributed by atoms with van der Waals surface area (Å²) in [4.78, 5) is 38.9. The molecular formula is C20H29FN4O4. The highest BCUT2D eigenvalue weighted by Gasteiger charge is 2.48. The number of hydrogen-bond acceptors (Lipinski definition) is 5. The minimum Gasteiger partial charge on any atom is -0.494 e. The number of carbonyl (C=O) groups excluding carboxylic acids is 3. The Morgan fingerprint density at radius 1 is 1.31 bits per heavy atom. The zero-order valence-corrected chi connectivity index (χ0v) is 16.9. The number of para-hydroxylation sites is 1. The summed E-state index contributed by atoms with van der Waals surface area (Å²) in [6, 6.07) is 8.24. The van der Waals surface area contributed by atoms with Crippen LogP contribution in [0.5, 0.6) is 5.75 Å². The zero-order chi connectivity index (χ0) is 21.4. The standard InChI is InChI=1S/C20H29FN4O4/c1-24(2)13-20(21)11-16(19(22)28)25(14-20)18(27)12-23-17(26)9-6-10-29-15-7-4-3-5-8-15/h3-5,7-8,16H,6,9-14H2,1-2H3,(H2,22,28)(H,23,26). The summed E-state index contributed by atoms with van der Waals surface area (Å²) in [6.07, 6.45) is 0.531. The molecule has 0 aliphatic carbocycles. The molecule has 1 aliphatic rings. The van der Waals surface area contributed by atoms with Gasteiger partial charge in [0, 0.05) is 19.4 Å². The van der Waals surface area contributed by atoms with E-state index in [9.17, 15) is 18.8 Å². The molecule has 0 spiro atoms. The van der Waals surface area contributed by atoms with E-state index in [1.54, 1.807) is 19.0 Å². The predicted octanol–water partition coefficient (Wildman–Crippen LogP) is 0.318. The number of carbonyl (C=O) groups is 3. The lowest BCUT2D eigenvalue weighted by Crippen LogP contribution is -2.48. The van der Waals surface area contributed by atoms with Gasteiger partial charge >= 0.3 is 0 Å². The zero-order valence-electron chi connectivity index (χ0n) is 16.9. The van der Waals surface area contributed by atoms with Crippen LogP contribution in [0.4, 0.5) is 4.39 Å². The first-order chi connectivity index (χ1) is 13.7. The first-order valence-corrected chi connectivity index (χ1v) is 9.57. The monoisotopic (exact) mass is 408 g/mol. The SMILES string of the molecule is CN(C)CC1(F)CC(C(N)=O)N(C(=O)CNC(=O)CCCOc2ccccc2)C1. The number of likely N-dealkylation sites (tertiary alicyclic amines) is 1. The molecule has 1 aromatic rings. The van der Waals surface area contributed by atoms with Crippen molar-refractivity contribution in [2.75, 3.05) is 40.3 Å². The molecule has 1 fully saturated rings. The minimum absolute atomic E-state index is 0.0777. The van der Waals surface area contributed by atoms with Crippen LogP contribution in [-0.4, -0.2) is 79.6 Å². The molecule has 0 aromatic heterocycles. The van der Waals surface area contributed by atoms with Gasteiger partial charge in [0.05, 0.1) is 19.7 Å². The number of nitrogens with zero attached hydrogens (tertiary/aromatic N) is 2. The van der Waals surface area contributed by atoms with Crippen molar-refractivity contribution in [2.45, 2.75) is 31.0 Å². The van der Waals surface area contributed by atoms with Crippen molar-refractivity contribution < 1.29 is 23.5 Å². The van der Waals surface area contributed by atoms with E-state index in [1.807, 2.05) is 30.3 Å². The fourth-order valence-electron chi connectivity index (χ4n) is 3.44. The van der Waals surface area contributed by atoms with Crippen LogP contribution in [0.15, 0.2) is 30.3 Å². The van der Waals surface area contributed by atoms with E-state index in [1.165, 1.54) is 0 Å². The van der Waals surface area contributed by atoms with Gasteiger partial charge in [-0.1, -0.05) is 18.2 Å². The van der Waals surface area contributed by atoms with Crippen molar-refractivity contribution in [1.29, 1.82) is 0 Å². The van der Waals surface area contributed by atoms with Crippen molar-refractivity contribution >= 4 is 17.7 Å². The molecular weight excluding hydrogens is 379 g/mol. The Kier molecular flexibility index (Phi) is 7.95. The van der Waals surface area contributed by atoms with E-state index >= 15 is 0 Å². The molecule has 2 unspecified atom stereocenters. The number of amides is 3. The molecule has 160 valence electrons. The van der Waals surface area contributed by atoms with Crippen LogP contribution in [0.2, 0.25) is 0 Å². The van der Waals surface area contributed by atoms with Gasteiger partial charge in [-0.05, 0) is 32.6 Å². The van der Waals surface area contributed by atoms with Gasteiger partial charge in [0.15, 0.2) is 0 Å². The van der Waals surface area contributed by atoms with Crippen molar-refractivity contribution in [1.82, 2.24) is 15.1 Å². The van der Waals surface area contributed by atoms with Gasteiger partial charge in [-0.3, -0.25) is 14.4 Å². The van der Waals surface area contributed by atoms with Crippen LogP contribution < -0.4 is 15.8 Å². The fraction of sp³-hybridized carbons (Fsp3) is 0.550. The number of nitrogens with two attached hydrogens (primary N) is 1. The summed E-state index contributed by atoms with van der Waals surface area (Å²) < 4.78 is 20.5. The van der Waals surface area contributed by atoms with Crippen LogP contribution in [0, 0.1) is 0 Å². The van der Waals surface area contributed by atoms with E-state index in [-0.39, 0.29) is 38.4 Å². The Labute approximate surface area is 170 Å². The maximum atomic E-state index is 15.0. The van der Waals surface area contributed by atoms with E-state index < -0.39 is 23.5 Å². The number of alkyl halides is 1. The van der Waals surface area contributed by atoms with Crippen molar-refractivity contribution in [3.05, 3.63) is 30.3 Å². The second-order valence-electron chi connectivity index (χ2n) is 7.57. The maximum absolute atomic E-state index is 15.0. The molecule has 9 heteroatoms. The van der Waals surface area contributed by atoms with E-state index in [0.29, 0.717) is 13.0 Å². The van der Waals surface area contributed by atoms with E-state index in [2.05, 4.69) is 5.32 Å². The van der Waals surface area contributed by atoms with Gasteiger partial charge in [-0.15, -0.1) is 0 Å². The van der Waals surface area contributed by atoms with Crippen LogP contribution in [0.3, 0.4) is 0 Å². The molecule has 1 aliphatic heterocycles. The Hall–Kier alpha value is -2.68. The molecule has 0 saturated carbocycles. The van der Waals surface area contributed by atoms with Gasteiger partial charge < -0.3 is 25.6 Å². The number of nitrogens with one attached hydrogen (secondary N) is 1. The molecule has 0 bridgehead atoms. The number of benzene rings is 1. The molecule has 0 radical (unpaired) electrons. The summed E-state index contributed by atoms with van der Waals surface area (Å²) in [5.74, 6) is -0.867. The Balaban J connectivity index is 1.76. The number of hydrogen-bond donors (Lipinski definition) is 2. The molecule has 29 heavy (non-hydrogen) atoms. The van der Waals surface area contributed by atoms with Crippen LogP contribution in [0.25, 0.3) is 0 Å². The second kappa shape index (κ2) is 10.2. The number of halogens is 1. The Morgan fingerprint density at radius 2 is 2.00 bits per heavy atom. The molecule has 3 amide bonds. The molecule has 8 nitrogen and oxygen atoms in total.